The molecule has 1 saturated heterocycles. The molecule has 11 nitrogen and oxygen atoms in total. The zero-order chi connectivity index (χ0) is 24.6. The normalized spacial score (nSPS) is 24.0. The lowest BCUT2D eigenvalue weighted by Crippen LogP contribution is -2.34. The first-order valence-corrected chi connectivity index (χ1v) is 12.4. The average Bonchev–Trinajstić information content (AvgIpc) is 3.29. The van der Waals surface area contributed by atoms with E-state index in [1.165, 1.54) is 23.0 Å². The van der Waals surface area contributed by atoms with Crippen LogP contribution in [0.5, 0.6) is 0 Å². The molecular formula is C20H23ClFN4O7P. The molecular weight excluding hydrogens is 494 g/mol. The average molecular weight is 517 g/mol. The second kappa shape index (κ2) is 9.84. The van der Waals surface area contributed by atoms with Gasteiger partial charge in [0.25, 0.3) is 0 Å². The number of pyridine rings is 1. The van der Waals surface area contributed by atoms with E-state index in [1.54, 1.807) is 18.2 Å². The highest BCUT2D eigenvalue weighted by molar-refractivity contribution is 7.51. The van der Waals surface area contributed by atoms with Gasteiger partial charge in [0.05, 0.1) is 23.9 Å². The fourth-order valence-electron chi connectivity index (χ4n) is 3.72. The van der Waals surface area contributed by atoms with Gasteiger partial charge in [-0.2, -0.15) is 5.10 Å². The summed E-state index contributed by atoms with van der Waals surface area (Å²) in [4.78, 5) is 22.1. The highest BCUT2D eigenvalue weighted by atomic mass is 35.5. The predicted molar refractivity (Wildman–Crippen MR) is 120 cm³/mol. The molecule has 0 bridgehead atoms. The minimum Gasteiger partial charge on any atom is -0.387 e. The van der Waals surface area contributed by atoms with Gasteiger partial charge in [-0.3, -0.25) is 4.57 Å². The van der Waals surface area contributed by atoms with Crippen molar-refractivity contribution in [1.29, 1.82) is 0 Å². The molecule has 0 saturated carbocycles. The smallest absolute Gasteiger partial charge is 0.350 e. The van der Waals surface area contributed by atoms with Gasteiger partial charge in [0, 0.05) is 6.04 Å². The number of anilines is 1. The van der Waals surface area contributed by atoms with E-state index in [1.807, 2.05) is 6.92 Å². The molecule has 3 aromatic rings. The summed E-state index contributed by atoms with van der Waals surface area (Å²) >= 11 is 6.23. The summed E-state index contributed by atoms with van der Waals surface area (Å²) in [5.41, 5.74) is 1.70. The van der Waals surface area contributed by atoms with Crippen molar-refractivity contribution in [3.63, 3.8) is 0 Å². The molecule has 0 spiro atoms. The number of fused-ring (bicyclic) bond motifs is 1. The summed E-state index contributed by atoms with van der Waals surface area (Å²) < 4.78 is 36.1. The Morgan fingerprint density at radius 1 is 1.29 bits per heavy atom. The molecule has 0 radical (unpaired) electrons. The Kier molecular flexibility index (Phi) is 7.22. The Hall–Kier alpha value is -2.15. The number of hydrogen-bond donors (Lipinski definition) is 5. The molecule has 4 rings (SSSR count). The summed E-state index contributed by atoms with van der Waals surface area (Å²) in [7, 11) is -4.39. The molecule has 34 heavy (non-hydrogen) atoms. The molecule has 184 valence electrons. The van der Waals surface area contributed by atoms with Crippen LogP contribution in [0.15, 0.2) is 36.5 Å². The molecule has 1 aliphatic heterocycles. The molecule has 1 fully saturated rings. The third kappa shape index (κ3) is 5.40. The van der Waals surface area contributed by atoms with Crippen LogP contribution in [0.3, 0.4) is 0 Å². The number of hydrogen-bond acceptors (Lipinski definition) is 8. The molecule has 14 heteroatoms. The van der Waals surface area contributed by atoms with Crippen LogP contribution < -0.4 is 5.32 Å². The number of benzene rings is 1. The SMILES string of the molecule is C[C@H](Nc1cc(Cl)nc2c1cnn2[C@@H]1O[C@H](COCP(=O)(O)O)[C@@H](O)[C@H]1O)c1ccc(F)cc1. The Morgan fingerprint density at radius 2 is 2.00 bits per heavy atom. The molecule has 0 amide bonds. The van der Waals surface area contributed by atoms with E-state index in [0.717, 1.165) is 5.56 Å². The third-order valence-corrected chi connectivity index (χ3v) is 6.11. The van der Waals surface area contributed by atoms with E-state index < -0.39 is 38.5 Å². The maximum Gasteiger partial charge on any atom is 0.350 e. The Bertz CT molecular complexity index is 1210. The monoisotopic (exact) mass is 516 g/mol. The van der Waals surface area contributed by atoms with Crippen molar-refractivity contribution < 1.29 is 38.4 Å². The first-order valence-electron chi connectivity index (χ1n) is 10.2. The molecule has 0 aliphatic carbocycles. The van der Waals surface area contributed by atoms with Gasteiger partial charge < -0.3 is 34.8 Å². The van der Waals surface area contributed by atoms with Gasteiger partial charge in [0.2, 0.25) is 0 Å². The second-order valence-corrected chi connectivity index (χ2v) is 9.92. The van der Waals surface area contributed by atoms with Gasteiger partial charge in [-0.15, -0.1) is 0 Å². The number of nitrogens with one attached hydrogen (secondary N) is 1. The van der Waals surface area contributed by atoms with Crippen LogP contribution in [0.4, 0.5) is 10.1 Å². The maximum atomic E-state index is 13.2. The van der Waals surface area contributed by atoms with E-state index in [-0.39, 0.29) is 29.3 Å². The van der Waals surface area contributed by atoms with Gasteiger partial charge in [-0.1, -0.05) is 23.7 Å². The largest absolute Gasteiger partial charge is 0.387 e. The van der Waals surface area contributed by atoms with Crippen LogP contribution >= 0.6 is 19.2 Å². The standard InChI is InChI=1S/C20H23ClFN4O7P/c1-10(11-2-4-12(22)5-3-11)24-14-6-16(21)25-19-13(14)7-23-26(19)20-18(28)17(27)15(33-20)8-32-9-34(29,30)31/h2-7,10,15,17-18,20,27-28H,8-9H2,1H3,(H,24,25)(H2,29,30,31)/t10-,15+,17+,18+,20+/m0/s1. The lowest BCUT2D eigenvalue weighted by Gasteiger charge is -2.18. The van der Waals surface area contributed by atoms with Crippen molar-refractivity contribution in [2.45, 2.75) is 37.5 Å². The number of rotatable bonds is 8. The van der Waals surface area contributed by atoms with Crippen LogP contribution in [0.1, 0.15) is 24.8 Å². The van der Waals surface area contributed by atoms with Crippen LogP contribution in [0, 0.1) is 5.82 Å². The molecule has 1 aromatic carbocycles. The van der Waals surface area contributed by atoms with Crippen LogP contribution in [0.25, 0.3) is 11.0 Å². The van der Waals surface area contributed by atoms with Crippen molar-refractivity contribution in [3.8, 4) is 0 Å². The van der Waals surface area contributed by atoms with Crippen LogP contribution in [-0.2, 0) is 14.0 Å². The summed E-state index contributed by atoms with van der Waals surface area (Å²) in [6, 6.07) is 7.45. The van der Waals surface area contributed by atoms with Crippen molar-refractivity contribution in [1.82, 2.24) is 14.8 Å². The van der Waals surface area contributed by atoms with Gasteiger partial charge in [-0.05, 0) is 30.7 Å². The predicted octanol–water partition coefficient (Wildman–Crippen LogP) is 2.17. The summed E-state index contributed by atoms with van der Waals surface area (Å²) in [6.45, 7) is 1.54. The first kappa shape index (κ1) is 25.0. The topological polar surface area (TPSA) is 159 Å². The summed E-state index contributed by atoms with van der Waals surface area (Å²) in [5, 5.41) is 29.1. The molecule has 5 N–H and O–H groups in total. The Labute approximate surface area is 198 Å². The number of aromatic nitrogens is 3. The number of nitrogens with zero attached hydrogens (tertiary/aromatic N) is 3. The fourth-order valence-corrected chi connectivity index (χ4v) is 4.25. The highest BCUT2D eigenvalue weighted by Gasteiger charge is 2.45. The van der Waals surface area contributed by atoms with Crippen LogP contribution in [0.2, 0.25) is 5.15 Å². The quantitative estimate of drug-likeness (QED) is 0.222. The number of ether oxygens (including phenoxy) is 2. The second-order valence-electron chi connectivity index (χ2n) is 7.95. The Balaban J connectivity index is 1.56. The lowest BCUT2D eigenvalue weighted by atomic mass is 10.1. The van der Waals surface area contributed by atoms with Gasteiger partial charge >= 0.3 is 7.60 Å². The minimum atomic E-state index is -4.39. The van der Waals surface area contributed by atoms with Crippen molar-refractivity contribution >= 4 is 35.9 Å². The van der Waals surface area contributed by atoms with Gasteiger partial charge in [0.15, 0.2) is 11.9 Å². The first-order chi connectivity index (χ1) is 16.0. The molecule has 1 aliphatic rings. The van der Waals surface area contributed by atoms with E-state index >= 15 is 0 Å². The van der Waals surface area contributed by atoms with Gasteiger partial charge in [-0.25, -0.2) is 14.1 Å². The van der Waals surface area contributed by atoms with E-state index in [4.69, 9.17) is 30.9 Å². The molecule has 2 aromatic heterocycles. The minimum absolute atomic E-state index is 0.137. The van der Waals surface area contributed by atoms with Crippen molar-refractivity contribution in [3.05, 3.63) is 53.1 Å². The third-order valence-electron chi connectivity index (χ3n) is 5.40. The van der Waals surface area contributed by atoms with E-state index in [0.29, 0.717) is 11.1 Å². The Morgan fingerprint density at radius 3 is 2.68 bits per heavy atom. The zero-order valence-electron chi connectivity index (χ0n) is 17.8. The number of halogens is 2. The lowest BCUT2D eigenvalue weighted by molar-refractivity contribution is -0.0658. The van der Waals surface area contributed by atoms with Crippen molar-refractivity contribution in [2.75, 3.05) is 18.3 Å². The summed E-state index contributed by atoms with van der Waals surface area (Å²) in [5.74, 6) is -0.339. The molecule has 5 atom stereocenters. The molecule has 0 unspecified atom stereocenters. The van der Waals surface area contributed by atoms with Crippen LogP contribution in [-0.4, -0.2) is 66.0 Å². The van der Waals surface area contributed by atoms with E-state index in [2.05, 4.69) is 15.4 Å². The summed E-state index contributed by atoms with van der Waals surface area (Å²) in [6.07, 6.45) is -4.36. The number of aliphatic hydroxyl groups is 2. The number of aliphatic hydroxyl groups excluding tert-OH is 2. The van der Waals surface area contributed by atoms with E-state index in [9.17, 15) is 19.2 Å². The zero-order valence-corrected chi connectivity index (χ0v) is 19.5. The fraction of sp³-hybridized carbons (Fsp3) is 0.400. The van der Waals surface area contributed by atoms with Gasteiger partial charge in [0.1, 0.15) is 35.6 Å². The highest BCUT2D eigenvalue weighted by Crippen LogP contribution is 2.37. The van der Waals surface area contributed by atoms with Crippen molar-refractivity contribution in [2.24, 2.45) is 0 Å². The molecule has 3 heterocycles. The maximum absolute atomic E-state index is 13.2.